The first-order valence-corrected chi connectivity index (χ1v) is 6.57. The molecule has 1 aliphatic rings. The average Bonchev–Trinajstić information content (AvgIpc) is 2.76. The van der Waals surface area contributed by atoms with Gasteiger partial charge < -0.3 is 10.2 Å². The molecule has 0 spiro atoms. The standard InChI is InChI=1S/C11H17ClN2S/c1-14-5-4-9(8-14)6-13-7-10-2-3-11(12)15-10/h2-3,9,13H,4-8H2,1H3. The van der Waals surface area contributed by atoms with Gasteiger partial charge >= 0.3 is 0 Å². The SMILES string of the molecule is CN1CCC(CNCc2ccc(Cl)s2)C1. The lowest BCUT2D eigenvalue weighted by Crippen LogP contribution is -2.24. The third kappa shape index (κ3) is 3.45. The second-order valence-corrected chi connectivity index (χ2v) is 6.05. The molecular weight excluding hydrogens is 228 g/mol. The van der Waals surface area contributed by atoms with Crippen molar-refractivity contribution < 1.29 is 0 Å². The molecule has 0 aromatic carbocycles. The molecule has 4 heteroatoms. The summed E-state index contributed by atoms with van der Waals surface area (Å²) in [4.78, 5) is 3.72. The van der Waals surface area contributed by atoms with Crippen LogP contribution in [0.15, 0.2) is 12.1 Å². The van der Waals surface area contributed by atoms with Crippen LogP contribution in [0.4, 0.5) is 0 Å². The summed E-state index contributed by atoms with van der Waals surface area (Å²) in [6, 6.07) is 4.06. The van der Waals surface area contributed by atoms with Gasteiger partial charge in [0.1, 0.15) is 0 Å². The van der Waals surface area contributed by atoms with E-state index in [4.69, 9.17) is 11.6 Å². The van der Waals surface area contributed by atoms with Crippen molar-refractivity contribution in [1.29, 1.82) is 0 Å². The van der Waals surface area contributed by atoms with E-state index in [-0.39, 0.29) is 0 Å². The van der Waals surface area contributed by atoms with Crippen molar-refractivity contribution in [1.82, 2.24) is 10.2 Å². The van der Waals surface area contributed by atoms with E-state index in [1.807, 2.05) is 6.07 Å². The Bertz CT molecular complexity index is 313. The Morgan fingerprint density at radius 2 is 2.47 bits per heavy atom. The first-order chi connectivity index (χ1) is 7.24. The maximum Gasteiger partial charge on any atom is 0.0931 e. The minimum Gasteiger partial charge on any atom is -0.312 e. The fraction of sp³-hybridized carbons (Fsp3) is 0.636. The van der Waals surface area contributed by atoms with E-state index in [0.717, 1.165) is 23.3 Å². The fourth-order valence-electron chi connectivity index (χ4n) is 2.04. The lowest BCUT2D eigenvalue weighted by molar-refractivity contribution is 0.388. The van der Waals surface area contributed by atoms with Crippen LogP contribution in [-0.2, 0) is 6.54 Å². The van der Waals surface area contributed by atoms with Gasteiger partial charge in [-0.25, -0.2) is 0 Å². The highest BCUT2D eigenvalue weighted by Crippen LogP contribution is 2.21. The van der Waals surface area contributed by atoms with Gasteiger partial charge in [0.25, 0.3) is 0 Å². The molecule has 1 aromatic heterocycles. The molecule has 15 heavy (non-hydrogen) atoms. The molecule has 1 atom stereocenters. The van der Waals surface area contributed by atoms with Crippen LogP contribution in [0.2, 0.25) is 4.34 Å². The van der Waals surface area contributed by atoms with Crippen molar-refractivity contribution >= 4 is 22.9 Å². The zero-order valence-electron chi connectivity index (χ0n) is 9.00. The Labute approximate surface area is 100 Å². The third-order valence-corrected chi connectivity index (χ3v) is 4.08. The highest BCUT2D eigenvalue weighted by Gasteiger charge is 2.18. The molecular formula is C11H17ClN2S. The number of thiophene rings is 1. The summed E-state index contributed by atoms with van der Waals surface area (Å²) in [7, 11) is 2.19. The van der Waals surface area contributed by atoms with Gasteiger partial charge in [-0.3, -0.25) is 0 Å². The van der Waals surface area contributed by atoms with Crippen molar-refractivity contribution in [3.8, 4) is 0 Å². The molecule has 2 heterocycles. The van der Waals surface area contributed by atoms with E-state index in [9.17, 15) is 0 Å². The van der Waals surface area contributed by atoms with E-state index >= 15 is 0 Å². The lowest BCUT2D eigenvalue weighted by atomic mass is 10.1. The molecule has 0 saturated carbocycles. The lowest BCUT2D eigenvalue weighted by Gasteiger charge is -2.10. The van der Waals surface area contributed by atoms with Crippen LogP contribution < -0.4 is 5.32 Å². The van der Waals surface area contributed by atoms with Crippen LogP contribution >= 0.6 is 22.9 Å². The molecule has 1 unspecified atom stereocenters. The molecule has 2 nitrogen and oxygen atoms in total. The zero-order valence-corrected chi connectivity index (χ0v) is 10.6. The minimum atomic E-state index is 0.824. The number of hydrogen-bond donors (Lipinski definition) is 1. The molecule has 2 rings (SSSR count). The van der Waals surface area contributed by atoms with Crippen LogP contribution in [0.3, 0.4) is 0 Å². The van der Waals surface area contributed by atoms with E-state index in [1.54, 1.807) is 11.3 Å². The van der Waals surface area contributed by atoms with E-state index in [2.05, 4.69) is 23.3 Å². The summed E-state index contributed by atoms with van der Waals surface area (Å²) in [5.74, 6) is 0.824. The monoisotopic (exact) mass is 244 g/mol. The van der Waals surface area contributed by atoms with Gasteiger partial charge in [-0.05, 0) is 44.6 Å². The maximum atomic E-state index is 5.87. The van der Waals surface area contributed by atoms with Gasteiger partial charge in [0, 0.05) is 18.0 Å². The highest BCUT2D eigenvalue weighted by molar-refractivity contribution is 7.16. The topological polar surface area (TPSA) is 15.3 Å². The van der Waals surface area contributed by atoms with Gasteiger partial charge in [0.15, 0.2) is 0 Å². The second-order valence-electron chi connectivity index (χ2n) is 4.25. The highest BCUT2D eigenvalue weighted by atomic mass is 35.5. The number of nitrogens with zero attached hydrogens (tertiary/aromatic N) is 1. The van der Waals surface area contributed by atoms with Gasteiger partial charge in [-0.1, -0.05) is 11.6 Å². The van der Waals surface area contributed by atoms with E-state index < -0.39 is 0 Å². The van der Waals surface area contributed by atoms with Gasteiger partial charge in [0.2, 0.25) is 0 Å². The fourth-order valence-corrected chi connectivity index (χ4v) is 3.10. The van der Waals surface area contributed by atoms with Crippen LogP contribution in [0.5, 0.6) is 0 Å². The predicted octanol–water partition coefficient (Wildman–Crippen LogP) is 2.44. The second kappa shape index (κ2) is 5.30. The molecule has 0 radical (unpaired) electrons. The minimum absolute atomic E-state index is 0.824. The summed E-state index contributed by atoms with van der Waals surface area (Å²) in [6.07, 6.45) is 1.33. The number of hydrogen-bond acceptors (Lipinski definition) is 3. The van der Waals surface area contributed by atoms with Crippen LogP contribution in [0, 0.1) is 5.92 Å². The average molecular weight is 245 g/mol. The smallest absolute Gasteiger partial charge is 0.0931 e. The van der Waals surface area contributed by atoms with Crippen LogP contribution in [0.25, 0.3) is 0 Å². The molecule has 1 saturated heterocycles. The predicted molar refractivity (Wildman–Crippen MR) is 66.6 cm³/mol. The molecule has 1 aromatic rings. The summed E-state index contributed by atoms with van der Waals surface area (Å²) in [5.41, 5.74) is 0. The summed E-state index contributed by atoms with van der Waals surface area (Å²) in [6.45, 7) is 4.56. The molecule has 0 amide bonds. The summed E-state index contributed by atoms with van der Waals surface area (Å²) in [5, 5.41) is 3.50. The molecule has 1 N–H and O–H groups in total. The molecule has 0 bridgehead atoms. The third-order valence-electron chi connectivity index (χ3n) is 2.85. The van der Waals surface area contributed by atoms with Gasteiger partial charge in [-0.15, -0.1) is 11.3 Å². The molecule has 0 aliphatic carbocycles. The van der Waals surface area contributed by atoms with E-state index in [1.165, 1.54) is 24.4 Å². The van der Waals surface area contributed by atoms with Crippen molar-refractivity contribution in [2.75, 3.05) is 26.7 Å². The number of likely N-dealkylation sites (tertiary alicyclic amines) is 1. The Balaban J connectivity index is 1.67. The van der Waals surface area contributed by atoms with Gasteiger partial charge in [0.05, 0.1) is 4.34 Å². The van der Waals surface area contributed by atoms with Crippen molar-refractivity contribution in [3.05, 3.63) is 21.3 Å². The number of halogens is 1. The van der Waals surface area contributed by atoms with Crippen molar-refractivity contribution in [2.24, 2.45) is 5.92 Å². The quantitative estimate of drug-likeness (QED) is 0.875. The summed E-state index contributed by atoms with van der Waals surface area (Å²) >= 11 is 7.53. The number of rotatable bonds is 4. The largest absolute Gasteiger partial charge is 0.312 e. The van der Waals surface area contributed by atoms with Crippen molar-refractivity contribution in [3.63, 3.8) is 0 Å². The Morgan fingerprint density at radius 3 is 3.07 bits per heavy atom. The maximum absolute atomic E-state index is 5.87. The van der Waals surface area contributed by atoms with E-state index in [0.29, 0.717) is 0 Å². The molecule has 1 fully saturated rings. The molecule has 1 aliphatic heterocycles. The van der Waals surface area contributed by atoms with Crippen molar-refractivity contribution in [2.45, 2.75) is 13.0 Å². The Kier molecular flexibility index (Phi) is 4.03. The number of nitrogens with one attached hydrogen (secondary N) is 1. The Morgan fingerprint density at radius 1 is 1.60 bits per heavy atom. The molecule has 84 valence electrons. The normalized spacial score (nSPS) is 22.4. The Hall–Kier alpha value is -0.0900. The summed E-state index contributed by atoms with van der Waals surface area (Å²) < 4.78 is 0.882. The van der Waals surface area contributed by atoms with Crippen LogP contribution in [-0.4, -0.2) is 31.6 Å². The zero-order chi connectivity index (χ0) is 10.7. The first kappa shape index (κ1) is 11.4. The first-order valence-electron chi connectivity index (χ1n) is 5.37. The van der Waals surface area contributed by atoms with Gasteiger partial charge in [-0.2, -0.15) is 0 Å². The van der Waals surface area contributed by atoms with Crippen LogP contribution in [0.1, 0.15) is 11.3 Å².